The number of nitro groups is 1. The Morgan fingerprint density at radius 2 is 2.17 bits per heavy atom. The number of nitrogens with one attached hydrogen (secondary N) is 2. The molecule has 0 atom stereocenters. The van der Waals surface area contributed by atoms with Crippen LogP contribution >= 0.6 is 11.6 Å². The summed E-state index contributed by atoms with van der Waals surface area (Å²) in [6.07, 6.45) is 0. The van der Waals surface area contributed by atoms with Gasteiger partial charge in [-0.05, 0) is 13.1 Å². The molecular formula is C8H11ClN4O4S. The number of hydrogen-bond donors (Lipinski definition) is 2. The van der Waals surface area contributed by atoms with Crippen molar-refractivity contribution < 1.29 is 13.3 Å². The molecule has 10 heteroatoms. The molecule has 1 rings (SSSR count). The average Bonchev–Trinajstić information content (AvgIpc) is 2.28. The van der Waals surface area contributed by atoms with Crippen LogP contribution < -0.4 is 10.0 Å². The molecule has 1 heterocycles. The maximum atomic E-state index is 11.1. The molecule has 0 amide bonds. The van der Waals surface area contributed by atoms with Crippen molar-refractivity contribution in [1.29, 1.82) is 0 Å². The van der Waals surface area contributed by atoms with Gasteiger partial charge in [0.05, 0.1) is 10.7 Å². The lowest BCUT2D eigenvalue weighted by Crippen LogP contribution is -2.26. The van der Waals surface area contributed by atoms with Crippen molar-refractivity contribution in [2.75, 3.05) is 24.7 Å². The van der Waals surface area contributed by atoms with E-state index in [0.717, 1.165) is 0 Å². The third kappa shape index (κ3) is 4.09. The average molecular weight is 295 g/mol. The SMILES string of the molecule is CNS(=O)(=O)CCNc1nc(Cl)ccc1[N+](=O)[O-]. The lowest BCUT2D eigenvalue weighted by molar-refractivity contribution is -0.384. The molecule has 0 radical (unpaired) electrons. The van der Waals surface area contributed by atoms with Crippen molar-refractivity contribution >= 4 is 33.1 Å². The molecule has 2 N–H and O–H groups in total. The predicted octanol–water partition coefficient (Wildman–Crippen LogP) is 0.604. The third-order valence-corrected chi connectivity index (χ3v) is 3.58. The minimum atomic E-state index is -3.38. The zero-order valence-corrected chi connectivity index (χ0v) is 11.0. The van der Waals surface area contributed by atoms with Crippen LogP contribution in [0.1, 0.15) is 0 Å². The standard InChI is InChI=1S/C8H11ClN4O4S/c1-10-18(16,17)5-4-11-8-6(13(14)15)2-3-7(9)12-8/h2-3,10H,4-5H2,1H3,(H,11,12). The van der Waals surface area contributed by atoms with E-state index in [1.807, 2.05) is 0 Å². The number of rotatable bonds is 6. The fraction of sp³-hybridized carbons (Fsp3) is 0.375. The molecule has 0 fully saturated rings. The summed E-state index contributed by atoms with van der Waals surface area (Å²) < 4.78 is 24.4. The molecule has 0 bridgehead atoms. The second-order valence-corrected chi connectivity index (χ2v) is 5.64. The minimum absolute atomic E-state index is 0.0165. The minimum Gasteiger partial charge on any atom is -0.363 e. The van der Waals surface area contributed by atoms with Crippen molar-refractivity contribution in [3.8, 4) is 0 Å². The smallest absolute Gasteiger partial charge is 0.311 e. The number of aromatic nitrogens is 1. The van der Waals surface area contributed by atoms with Gasteiger partial charge in [0.15, 0.2) is 0 Å². The van der Waals surface area contributed by atoms with Gasteiger partial charge in [-0.2, -0.15) is 0 Å². The Labute approximate surface area is 109 Å². The second kappa shape index (κ2) is 5.94. The van der Waals surface area contributed by atoms with Crippen LogP contribution in [-0.4, -0.2) is 37.7 Å². The van der Waals surface area contributed by atoms with Crippen molar-refractivity contribution in [2.45, 2.75) is 0 Å². The number of sulfonamides is 1. The van der Waals surface area contributed by atoms with Crippen LogP contribution in [-0.2, 0) is 10.0 Å². The largest absolute Gasteiger partial charge is 0.363 e. The van der Waals surface area contributed by atoms with E-state index in [0.29, 0.717) is 0 Å². The van der Waals surface area contributed by atoms with Crippen molar-refractivity contribution in [1.82, 2.24) is 9.71 Å². The van der Waals surface area contributed by atoms with E-state index in [4.69, 9.17) is 11.6 Å². The number of halogens is 1. The Morgan fingerprint density at radius 3 is 2.72 bits per heavy atom. The summed E-state index contributed by atoms with van der Waals surface area (Å²) in [6, 6.07) is 2.49. The topological polar surface area (TPSA) is 114 Å². The first-order chi connectivity index (χ1) is 8.35. The highest BCUT2D eigenvalue weighted by molar-refractivity contribution is 7.89. The first-order valence-corrected chi connectivity index (χ1v) is 6.85. The summed E-state index contributed by atoms with van der Waals surface area (Å²) in [5.41, 5.74) is -0.263. The van der Waals surface area contributed by atoms with E-state index >= 15 is 0 Å². The zero-order chi connectivity index (χ0) is 13.8. The molecule has 0 aliphatic rings. The van der Waals surface area contributed by atoms with Gasteiger partial charge in [0, 0.05) is 12.6 Å². The summed E-state index contributed by atoms with van der Waals surface area (Å²) in [7, 11) is -2.09. The molecule has 18 heavy (non-hydrogen) atoms. The first kappa shape index (κ1) is 14.6. The second-order valence-electron chi connectivity index (χ2n) is 3.21. The lowest BCUT2D eigenvalue weighted by Gasteiger charge is -2.06. The number of anilines is 1. The van der Waals surface area contributed by atoms with Gasteiger partial charge in [-0.15, -0.1) is 0 Å². The molecular weight excluding hydrogens is 284 g/mol. The van der Waals surface area contributed by atoms with E-state index in [1.54, 1.807) is 0 Å². The molecule has 1 aromatic heterocycles. The van der Waals surface area contributed by atoms with Crippen molar-refractivity contribution in [3.05, 3.63) is 27.4 Å². The van der Waals surface area contributed by atoms with Crippen LogP contribution in [0.4, 0.5) is 11.5 Å². The van der Waals surface area contributed by atoms with Gasteiger partial charge in [-0.25, -0.2) is 18.1 Å². The Hall–Kier alpha value is -1.45. The third-order valence-electron chi connectivity index (χ3n) is 2.01. The quantitative estimate of drug-likeness (QED) is 0.451. The maximum Gasteiger partial charge on any atom is 0.311 e. The summed E-state index contributed by atoms with van der Waals surface area (Å²) in [5.74, 6) is -0.284. The predicted molar refractivity (Wildman–Crippen MR) is 67.2 cm³/mol. The highest BCUT2D eigenvalue weighted by atomic mass is 35.5. The van der Waals surface area contributed by atoms with Gasteiger partial charge in [0.25, 0.3) is 0 Å². The summed E-state index contributed by atoms with van der Waals surface area (Å²) >= 11 is 5.61. The normalized spacial score (nSPS) is 11.2. The Balaban J connectivity index is 2.78. The molecule has 0 saturated carbocycles. The van der Waals surface area contributed by atoms with Crippen molar-refractivity contribution in [3.63, 3.8) is 0 Å². The van der Waals surface area contributed by atoms with Crippen LogP contribution in [0.5, 0.6) is 0 Å². The van der Waals surface area contributed by atoms with Crippen LogP contribution in [0.15, 0.2) is 12.1 Å². The molecule has 100 valence electrons. The van der Waals surface area contributed by atoms with Crippen LogP contribution in [0.2, 0.25) is 5.15 Å². The molecule has 0 aromatic carbocycles. The molecule has 0 aliphatic carbocycles. The van der Waals surface area contributed by atoms with E-state index < -0.39 is 14.9 Å². The van der Waals surface area contributed by atoms with Crippen LogP contribution in [0.3, 0.4) is 0 Å². The number of pyridine rings is 1. The molecule has 0 aliphatic heterocycles. The summed E-state index contributed by atoms with van der Waals surface area (Å²) in [5, 5.41) is 13.4. The van der Waals surface area contributed by atoms with Gasteiger partial charge < -0.3 is 5.32 Å². The van der Waals surface area contributed by atoms with Crippen molar-refractivity contribution in [2.24, 2.45) is 0 Å². The fourth-order valence-electron chi connectivity index (χ4n) is 1.11. The highest BCUT2D eigenvalue weighted by Crippen LogP contribution is 2.23. The zero-order valence-electron chi connectivity index (χ0n) is 9.38. The summed E-state index contributed by atoms with van der Waals surface area (Å²) in [4.78, 5) is 13.8. The van der Waals surface area contributed by atoms with Crippen LogP contribution in [0.25, 0.3) is 0 Å². The summed E-state index contributed by atoms with van der Waals surface area (Å²) in [6.45, 7) is -0.0165. The number of nitrogens with zero attached hydrogens (tertiary/aromatic N) is 2. The molecule has 0 saturated heterocycles. The van der Waals surface area contributed by atoms with Gasteiger partial charge in [0.2, 0.25) is 15.8 Å². The molecule has 0 spiro atoms. The highest BCUT2D eigenvalue weighted by Gasteiger charge is 2.16. The first-order valence-electron chi connectivity index (χ1n) is 4.82. The number of hydrogen-bond acceptors (Lipinski definition) is 6. The fourth-order valence-corrected chi connectivity index (χ4v) is 1.83. The van der Waals surface area contributed by atoms with E-state index in [2.05, 4.69) is 15.0 Å². The van der Waals surface area contributed by atoms with Gasteiger partial charge in [-0.3, -0.25) is 10.1 Å². The van der Waals surface area contributed by atoms with E-state index in [9.17, 15) is 18.5 Å². The van der Waals surface area contributed by atoms with Gasteiger partial charge in [-0.1, -0.05) is 11.6 Å². The molecule has 8 nitrogen and oxygen atoms in total. The van der Waals surface area contributed by atoms with E-state index in [-0.39, 0.29) is 29.0 Å². The molecule has 0 unspecified atom stereocenters. The lowest BCUT2D eigenvalue weighted by atomic mass is 10.4. The molecule has 1 aromatic rings. The Bertz CT molecular complexity index is 548. The maximum absolute atomic E-state index is 11.1. The Kier molecular flexibility index (Phi) is 4.82. The van der Waals surface area contributed by atoms with Gasteiger partial charge >= 0.3 is 5.69 Å². The van der Waals surface area contributed by atoms with Crippen LogP contribution in [0, 0.1) is 10.1 Å². The monoisotopic (exact) mass is 294 g/mol. The Morgan fingerprint density at radius 1 is 1.50 bits per heavy atom. The van der Waals surface area contributed by atoms with E-state index in [1.165, 1.54) is 19.2 Å². The van der Waals surface area contributed by atoms with Gasteiger partial charge in [0.1, 0.15) is 5.15 Å².